The van der Waals surface area contributed by atoms with E-state index in [-0.39, 0.29) is 36.5 Å². The lowest BCUT2D eigenvalue weighted by Gasteiger charge is -2.23. The number of anilines is 1. The van der Waals surface area contributed by atoms with Gasteiger partial charge >= 0.3 is 0 Å². The van der Waals surface area contributed by atoms with Crippen molar-refractivity contribution in [1.29, 1.82) is 0 Å². The molecule has 0 aliphatic carbocycles. The van der Waals surface area contributed by atoms with E-state index in [2.05, 4.69) is 10.3 Å². The minimum atomic E-state index is -0.406. The third-order valence-corrected chi connectivity index (χ3v) is 8.30. The van der Waals surface area contributed by atoms with E-state index in [4.69, 9.17) is 5.10 Å². The highest BCUT2D eigenvalue weighted by atomic mass is 32.2. The molecule has 6 rings (SSSR count). The maximum Gasteiger partial charge on any atom is 0.240 e. The lowest BCUT2D eigenvalue weighted by atomic mass is 9.99. The molecular formula is C33H28FN5O2S. The molecule has 5 aromatic rings. The Morgan fingerprint density at radius 3 is 2.62 bits per heavy atom. The van der Waals surface area contributed by atoms with E-state index in [9.17, 15) is 14.0 Å². The Hall–Kier alpha value is -4.76. The molecule has 3 aromatic carbocycles. The summed E-state index contributed by atoms with van der Waals surface area (Å²) in [4.78, 5) is 32.8. The zero-order chi connectivity index (χ0) is 29.1. The highest BCUT2D eigenvalue weighted by Crippen LogP contribution is 2.48. The molecule has 2 aromatic heterocycles. The van der Waals surface area contributed by atoms with Crippen molar-refractivity contribution in [1.82, 2.24) is 20.1 Å². The number of halogens is 1. The summed E-state index contributed by atoms with van der Waals surface area (Å²) in [6.07, 6.45) is 3.36. The summed E-state index contributed by atoms with van der Waals surface area (Å²) < 4.78 is 16.3. The number of hydrogen-bond acceptors (Lipinski definition) is 5. The van der Waals surface area contributed by atoms with Crippen molar-refractivity contribution >= 4 is 29.4 Å². The quantitative estimate of drug-likeness (QED) is 0.262. The second-order valence-corrected chi connectivity index (χ2v) is 11.2. The highest BCUT2D eigenvalue weighted by molar-refractivity contribution is 8.00. The Morgan fingerprint density at radius 2 is 1.86 bits per heavy atom. The standard InChI is InChI=1S/C33H28FN5O2S/c1-22-8-5-14-27(16-22)39-33-30(31(37-39)24-10-3-2-4-11-24)32(25-12-6-13-26(34)17-25)42-21-29(41)38(33)20-28(40)36-19-23-9-7-15-35-18-23/h2-18,32H,19-21H2,1H3,(H,36,40). The number of fused-ring (bicyclic) bond motifs is 1. The van der Waals surface area contributed by atoms with Crippen LogP contribution in [0.15, 0.2) is 103 Å². The van der Waals surface area contributed by atoms with Crippen molar-refractivity contribution in [2.75, 3.05) is 17.2 Å². The molecule has 0 saturated heterocycles. The lowest BCUT2D eigenvalue weighted by Crippen LogP contribution is -2.42. The van der Waals surface area contributed by atoms with Crippen molar-refractivity contribution < 1.29 is 14.0 Å². The molecule has 1 aliphatic heterocycles. The first-order valence-corrected chi connectivity index (χ1v) is 14.6. The van der Waals surface area contributed by atoms with Gasteiger partial charge in [-0.05, 0) is 53.9 Å². The molecule has 2 amide bonds. The number of benzene rings is 3. The SMILES string of the molecule is Cc1cccc(-n2nc(-c3ccccc3)c3c2N(CC(=O)NCc2cccnc2)C(=O)CSC3c2cccc(F)c2)c1. The number of rotatable bonds is 7. The molecule has 1 unspecified atom stereocenters. The van der Waals surface area contributed by atoms with E-state index in [1.807, 2.05) is 73.7 Å². The summed E-state index contributed by atoms with van der Waals surface area (Å²) >= 11 is 1.41. The van der Waals surface area contributed by atoms with E-state index in [1.54, 1.807) is 29.2 Å². The van der Waals surface area contributed by atoms with Gasteiger partial charge in [-0.15, -0.1) is 11.8 Å². The van der Waals surface area contributed by atoms with Gasteiger partial charge in [0, 0.05) is 30.1 Å². The average Bonchev–Trinajstić information content (AvgIpc) is 3.33. The zero-order valence-corrected chi connectivity index (χ0v) is 23.7. The first kappa shape index (κ1) is 27.4. The molecule has 1 aliphatic rings. The minimum Gasteiger partial charge on any atom is -0.350 e. The molecule has 0 fully saturated rings. The number of pyridine rings is 1. The minimum absolute atomic E-state index is 0.105. The van der Waals surface area contributed by atoms with Crippen LogP contribution in [0.1, 0.15) is 27.5 Å². The molecule has 0 spiro atoms. The average molecular weight is 578 g/mol. The van der Waals surface area contributed by atoms with Gasteiger partial charge in [-0.1, -0.05) is 60.7 Å². The molecule has 42 heavy (non-hydrogen) atoms. The number of carbonyl (C=O) groups excluding carboxylic acids is 2. The molecule has 3 heterocycles. The van der Waals surface area contributed by atoms with E-state index in [0.29, 0.717) is 11.5 Å². The summed E-state index contributed by atoms with van der Waals surface area (Å²) in [6.45, 7) is 2.08. The summed E-state index contributed by atoms with van der Waals surface area (Å²) in [6, 6.07) is 27.7. The smallest absolute Gasteiger partial charge is 0.240 e. The number of amides is 2. The number of aryl methyl sites for hydroxylation is 1. The maximum absolute atomic E-state index is 14.5. The van der Waals surface area contributed by atoms with Gasteiger partial charge < -0.3 is 5.32 Å². The fourth-order valence-corrected chi connectivity index (χ4v) is 6.29. The van der Waals surface area contributed by atoms with Gasteiger partial charge in [-0.25, -0.2) is 9.07 Å². The largest absolute Gasteiger partial charge is 0.350 e. The Bertz CT molecular complexity index is 1740. The summed E-state index contributed by atoms with van der Waals surface area (Å²) in [5.74, 6) is -0.298. The number of hydrogen-bond donors (Lipinski definition) is 1. The molecule has 9 heteroatoms. The van der Waals surface area contributed by atoms with Crippen LogP contribution in [-0.4, -0.2) is 38.9 Å². The van der Waals surface area contributed by atoms with Gasteiger partial charge in [0.15, 0.2) is 0 Å². The monoisotopic (exact) mass is 577 g/mol. The van der Waals surface area contributed by atoms with Crippen molar-refractivity contribution in [2.45, 2.75) is 18.7 Å². The Morgan fingerprint density at radius 1 is 1.02 bits per heavy atom. The topological polar surface area (TPSA) is 80.1 Å². The third-order valence-electron chi connectivity index (χ3n) is 7.05. The van der Waals surface area contributed by atoms with Crippen LogP contribution in [0.25, 0.3) is 16.9 Å². The van der Waals surface area contributed by atoms with Crippen molar-refractivity contribution in [3.63, 3.8) is 0 Å². The number of thioether (sulfide) groups is 1. The van der Waals surface area contributed by atoms with E-state index in [1.165, 1.54) is 28.8 Å². The van der Waals surface area contributed by atoms with Gasteiger partial charge in [0.2, 0.25) is 11.8 Å². The van der Waals surface area contributed by atoms with Crippen molar-refractivity contribution in [2.24, 2.45) is 0 Å². The van der Waals surface area contributed by atoms with Gasteiger partial charge in [-0.2, -0.15) is 5.10 Å². The van der Waals surface area contributed by atoms with Crippen LogP contribution in [0.5, 0.6) is 0 Å². The Labute approximate surface area is 247 Å². The Balaban J connectivity index is 1.52. The lowest BCUT2D eigenvalue weighted by molar-refractivity contribution is -0.123. The van der Waals surface area contributed by atoms with Gasteiger partial charge in [-0.3, -0.25) is 19.5 Å². The van der Waals surface area contributed by atoms with Crippen LogP contribution in [0.3, 0.4) is 0 Å². The first-order valence-electron chi connectivity index (χ1n) is 13.6. The third kappa shape index (κ3) is 5.69. The first-order chi connectivity index (χ1) is 20.5. The Kier molecular flexibility index (Phi) is 7.83. The van der Waals surface area contributed by atoms with Gasteiger partial charge in [0.05, 0.1) is 22.4 Å². The van der Waals surface area contributed by atoms with Crippen molar-refractivity contribution in [3.8, 4) is 16.9 Å². The summed E-state index contributed by atoms with van der Waals surface area (Å²) in [5.41, 5.74) is 5.64. The zero-order valence-electron chi connectivity index (χ0n) is 22.9. The van der Waals surface area contributed by atoms with Crippen LogP contribution in [0, 0.1) is 12.7 Å². The second kappa shape index (κ2) is 12.0. The van der Waals surface area contributed by atoms with Gasteiger partial charge in [0.25, 0.3) is 0 Å². The predicted octanol–water partition coefficient (Wildman–Crippen LogP) is 5.87. The summed E-state index contributed by atoms with van der Waals surface area (Å²) in [7, 11) is 0. The molecule has 1 atom stereocenters. The van der Waals surface area contributed by atoms with Crippen LogP contribution in [0.4, 0.5) is 10.2 Å². The molecule has 0 bridgehead atoms. The number of nitrogens with one attached hydrogen (secondary N) is 1. The van der Waals surface area contributed by atoms with E-state index in [0.717, 1.165) is 33.5 Å². The normalized spacial score (nSPS) is 14.8. The number of aromatic nitrogens is 3. The number of carbonyl (C=O) groups is 2. The maximum atomic E-state index is 14.5. The molecule has 0 saturated carbocycles. The van der Waals surface area contributed by atoms with Crippen LogP contribution >= 0.6 is 11.8 Å². The molecule has 210 valence electrons. The fraction of sp³-hybridized carbons (Fsp3) is 0.152. The van der Waals surface area contributed by atoms with Crippen LogP contribution < -0.4 is 10.2 Å². The van der Waals surface area contributed by atoms with E-state index < -0.39 is 5.25 Å². The number of nitrogens with zero attached hydrogens (tertiary/aromatic N) is 4. The summed E-state index contributed by atoms with van der Waals surface area (Å²) in [5, 5.41) is 7.59. The molecule has 1 N–H and O–H groups in total. The molecule has 7 nitrogen and oxygen atoms in total. The van der Waals surface area contributed by atoms with E-state index >= 15 is 0 Å². The molecule has 0 radical (unpaired) electrons. The van der Waals surface area contributed by atoms with Crippen LogP contribution in [0.2, 0.25) is 0 Å². The fourth-order valence-electron chi connectivity index (χ4n) is 5.10. The predicted molar refractivity (Wildman–Crippen MR) is 163 cm³/mol. The van der Waals surface area contributed by atoms with Gasteiger partial charge in [0.1, 0.15) is 18.2 Å². The van der Waals surface area contributed by atoms with Crippen molar-refractivity contribution in [3.05, 3.63) is 131 Å². The molecular weight excluding hydrogens is 549 g/mol. The highest BCUT2D eigenvalue weighted by Gasteiger charge is 2.37. The second-order valence-electron chi connectivity index (χ2n) is 10.1. The van der Waals surface area contributed by atoms with Crippen LogP contribution in [-0.2, 0) is 16.1 Å².